The Bertz CT molecular complexity index is 1230. The van der Waals surface area contributed by atoms with Crippen molar-refractivity contribution in [1.29, 1.82) is 0 Å². The number of hydrogen-bond donors (Lipinski definition) is 1. The highest BCUT2D eigenvalue weighted by Crippen LogP contribution is 2.29. The maximum absolute atomic E-state index is 12.6. The van der Waals surface area contributed by atoms with Crippen LogP contribution in [0.2, 0.25) is 0 Å². The Morgan fingerprint density at radius 2 is 2.07 bits per heavy atom. The van der Waals surface area contributed by atoms with E-state index in [2.05, 4.69) is 36.3 Å². The van der Waals surface area contributed by atoms with Gasteiger partial charge in [-0.1, -0.05) is 0 Å². The number of pyridine rings is 1. The number of carbonyl (C=O) groups excluding carboxylic acids is 1. The first kappa shape index (κ1) is 18.5. The summed E-state index contributed by atoms with van der Waals surface area (Å²) >= 11 is 3.28. The second-order valence-electron chi connectivity index (χ2n) is 5.82. The van der Waals surface area contributed by atoms with Crippen molar-refractivity contribution in [3.63, 3.8) is 0 Å². The second-order valence-corrected chi connectivity index (χ2v) is 6.74. The summed E-state index contributed by atoms with van der Waals surface area (Å²) in [5.41, 5.74) is 0.548. The molecule has 4 rings (SSSR count). The summed E-state index contributed by atoms with van der Waals surface area (Å²) < 4.78 is 7.76. The molecule has 0 aliphatic carbocycles. The lowest BCUT2D eigenvalue weighted by Gasteiger charge is -2.08. The van der Waals surface area contributed by atoms with Gasteiger partial charge in [0.15, 0.2) is 11.3 Å². The Morgan fingerprint density at radius 3 is 2.83 bits per heavy atom. The minimum atomic E-state index is -0.571. The molecule has 1 aromatic carbocycles. The number of amides is 1. The zero-order valence-corrected chi connectivity index (χ0v) is 16.1. The summed E-state index contributed by atoms with van der Waals surface area (Å²) in [5.74, 6) is 0.0461. The number of nitro benzene ring substituents is 1. The molecule has 0 spiro atoms. The van der Waals surface area contributed by atoms with Crippen LogP contribution in [0.3, 0.4) is 0 Å². The predicted octanol–water partition coefficient (Wildman–Crippen LogP) is 3.84. The molecule has 29 heavy (non-hydrogen) atoms. The van der Waals surface area contributed by atoms with Gasteiger partial charge in [0.1, 0.15) is 11.5 Å². The first-order valence-electron chi connectivity index (χ1n) is 8.17. The number of rotatable bonds is 5. The fourth-order valence-electron chi connectivity index (χ4n) is 2.52. The van der Waals surface area contributed by atoms with Crippen LogP contribution in [0.25, 0.3) is 5.65 Å². The highest BCUT2D eigenvalue weighted by Gasteiger charge is 2.16. The number of anilines is 1. The largest absolute Gasteiger partial charge is 0.455 e. The molecule has 0 saturated carbocycles. The third-order valence-corrected chi connectivity index (χ3v) is 4.15. The molecule has 0 aliphatic rings. The molecule has 0 atom stereocenters. The van der Waals surface area contributed by atoms with Crippen molar-refractivity contribution in [2.75, 3.05) is 5.32 Å². The van der Waals surface area contributed by atoms with E-state index in [1.807, 2.05) is 0 Å². The third-order valence-electron chi connectivity index (χ3n) is 3.74. The lowest BCUT2D eigenvalue weighted by Crippen LogP contribution is -2.13. The number of fused-ring (bicyclic) bond motifs is 1. The lowest BCUT2D eigenvalue weighted by molar-refractivity contribution is -0.384. The highest BCUT2D eigenvalue weighted by atomic mass is 79.9. The molecule has 0 radical (unpaired) electrons. The van der Waals surface area contributed by atoms with Crippen molar-refractivity contribution < 1.29 is 14.5 Å². The number of benzene rings is 1. The molecule has 3 heterocycles. The molecule has 3 aromatic heterocycles. The van der Waals surface area contributed by atoms with E-state index in [0.717, 1.165) is 0 Å². The van der Waals surface area contributed by atoms with Crippen molar-refractivity contribution in [2.45, 2.75) is 0 Å². The van der Waals surface area contributed by atoms with Crippen LogP contribution in [0.4, 0.5) is 11.4 Å². The Morgan fingerprint density at radius 1 is 1.21 bits per heavy atom. The number of non-ortho nitro benzene ring substituents is 1. The molecular weight excluding hydrogens is 444 g/mol. The molecule has 0 unspecified atom stereocenters. The van der Waals surface area contributed by atoms with Gasteiger partial charge in [0.05, 0.1) is 27.3 Å². The summed E-state index contributed by atoms with van der Waals surface area (Å²) in [5, 5.41) is 18.0. The van der Waals surface area contributed by atoms with Gasteiger partial charge in [0.25, 0.3) is 11.6 Å². The molecular formula is C18H11BrN6O4. The Labute approximate surface area is 171 Å². The van der Waals surface area contributed by atoms with E-state index in [-0.39, 0.29) is 22.8 Å². The van der Waals surface area contributed by atoms with Crippen molar-refractivity contribution >= 4 is 38.9 Å². The van der Waals surface area contributed by atoms with E-state index >= 15 is 0 Å². The van der Waals surface area contributed by atoms with Crippen molar-refractivity contribution in [1.82, 2.24) is 19.6 Å². The molecule has 0 saturated heterocycles. The number of nitro groups is 1. The topological polar surface area (TPSA) is 125 Å². The molecule has 1 N–H and O–H groups in total. The number of nitrogens with zero attached hydrogens (tertiary/aromatic N) is 5. The van der Waals surface area contributed by atoms with Crippen molar-refractivity contribution in [3.8, 4) is 11.5 Å². The van der Waals surface area contributed by atoms with Gasteiger partial charge in [-0.3, -0.25) is 19.9 Å². The van der Waals surface area contributed by atoms with E-state index in [0.29, 0.717) is 15.9 Å². The summed E-state index contributed by atoms with van der Waals surface area (Å²) in [4.78, 5) is 31.3. The average molecular weight is 455 g/mol. The monoisotopic (exact) mass is 454 g/mol. The van der Waals surface area contributed by atoms with Gasteiger partial charge >= 0.3 is 0 Å². The predicted molar refractivity (Wildman–Crippen MR) is 106 cm³/mol. The zero-order chi connectivity index (χ0) is 20.4. The Kier molecular flexibility index (Phi) is 4.87. The van der Waals surface area contributed by atoms with E-state index in [4.69, 9.17) is 4.74 Å². The maximum Gasteiger partial charge on any atom is 0.276 e. The minimum absolute atomic E-state index is 0.108. The standard InChI is InChI=1S/C18H11BrN6O4/c19-11-8-21-17-7-16(23-24(17)10-11)18(26)22-12-4-13(25(27)28)6-15(5-12)29-14-2-1-3-20-9-14/h1-10H,(H,22,26). The fourth-order valence-corrected chi connectivity index (χ4v) is 2.82. The van der Waals surface area contributed by atoms with Crippen LogP contribution in [0.15, 0.2) is 65.7 Å². The summed E-state index contributed by atoms with van der Waals surface area (Å²) in [6.45, 7) is 0. The zero-order valence-electron chi connectivity index (χ0n) is 14.5. The molecule has 1 amide bonds. The number of carbonyl (C=O) groups is 1. The average Bonchev–Trinajstić information content (AvgIpc) is 3.12. The smallest absolute Gasteiger partial charge is 0.276 e. The summed E-state index contributed by atoms with van der Waals surface area (Å²) in [7, 11) is 0. The Hall–Kier alpha value is -3.86. The van der Waals surface area contributed by atoms with Crippen LogP contribution < -0.4 is 10.1 Å². The van der Waals surface area contributed by atoms with Crippen LogP contribution >= 0.6 is 15.9 Å². The van der Waals surface area contributed by atoms with Gasteiger partial charge in [-0.25, -0.2) is 9.50 Å². The third kappa shape index (κ3) is 4.19. The van der Waals surface area contributed by atoms with E-state index in [9.17, 15) is 14.9 Å². The van der Waals surface area contributed by atoms with Crippen LogP contribution in [0.5, 0.6) is 11.5 Å². The van der Waals surface area contributed by atoms with Gasteiger partial charge in [-0.15, -0.1) is 0 Å². The van der Waals surface area contributed by atoms with Gasteiger partial charge in [0.2, 0.25) is 0 Å². The van der Waals surface area contributed by atoms with Gasteiger partial charge < -0.3 is 10.1 Å². The maximum atomic E-state index is 12.6. The molecule has 4 aromatic rings. The van der Waals surface area contributed by atoms with Gasteiger partial charge in [-0.2, -0.15) is 5.10 Å². The quantitative estimate of drug-likeness (QED) is 0.358. The molecule has 0 fully saturated rings. The van der Waals surface area contributed by atoms with Crippen molar-refractivity contribution in [3.05, 3.63) is 81.5 Å². The molecule has 10 nitrogen and oxygen atoms in total. The van der Waals surface area contributed by atoms with E-state index in [1.54, 1.807) is 30.7 Å². The number of aromatic nitrogens is 4. The van der Waals surface area contributed by atoms with Gasteiger partial charge in [-0.05, 0) is 28.1 Å². The van der Waals surface area contributed by atoms with Crippen LogP contribution in [-0.2, 0) is 0 Å². The first-order chi connectivity index (χ1) is 14.0. The van der Waals surface area contributed by atoms with E-state index < -0.39 is 10.8 Å². The number of hydrogen-bond acceptors (Lipinski definition) is 7. The molecule has 0 bridgehead atoms. The highest BCUT2D eigenvalue weighted by molar-refractivity contribution is 9.10. The molecule has 144 valence electrons. The number of halogens is 1. The summed E-state index contributed by atoms with van der Waals surface area (Å²) in [6.07, 6.45) is 6.29. The normalized spacial score (nSPS) is 10.7. The SMILES string of the molecule is O=C(Nc1cc(Oc2cccnc2)cc([N+](=O)[O-])c1)c1cc2ncc(Br)cn2n1. The second kappa shape index (κ2) is 7.64. The first-order valence-corrected chi connectivity index (χ1v) is 8.97. The van der Waals surface area contributed by atoms with Crippen LogP contribution in [0.1, 0.15) is 10.5 Å². The molecule has 11 heteroatoms. The Balaban J connectivity index is 1.62. The molecule has 0 aliphatic heterocycles. The summed E-state index contributed by atoms with van der Waals surface area (Å²) in [6, 6.07) is 8.80. The fraction of sp³-hybridized carbons (Fsp3) is 0. The minimum Gasteiger partial charge on any atom is -0.455 e. The lowest BCUT2D eigenvalue weighted by atomic mass is 10.2. The number of nitrogens with one attached hydrogen (secondary N) is 1. The van der Waals surface area contributed by atoms with Crippen LogP contribution in [-0.4, -0.2) is 30.4 Å². The number of ether oxygens (including phenoxy) is 1. The van der Waals surface area contributed by atoms with Gasteiger partial charge in [0, 0.05) is 36.8 Å². The van der Waals surface area contributed by atoms with Crippen LogP contribution in [0, 0.1) is 10.1 Å². The van der Waals surface area contributed by atoms with E-state index in [1.165, 1.54) is 35.0 Å². The van der Waals surface area contributed by atoms with Crippen molar-refractivity contribution in [2.24, 2.45) is 0 Å².